The molecule has 10 aromatic rings. The first-order chi connectivity index (χ1) is 28.1. The van der Waals surface area contributed by atoms with Crippen molar-refractivity contribution in [2.75, 3.05) is 0 Å². The van der Waals surface area contributed by atoms with Gasteiger partial charge in [-0.05, 0) is 84.9 Å². The zero-order chi connectivity index (χ0) is 41.8. The lowest BCUT2D eigenvalue weighted by atomic mass is 9.84. The van der Waals surface area contributed by atoms with Gasteiger partial charge < -0.3 is 8.83 Å². The van der Waals surface area contributed by atoms with Crippen molar-refractivity contribution in [1.82, 2.24) is 0 Å². The lowest BCUT2D eigenvalue weighted by molar-refractivity contribution is 0.663. The molecule has 44 heavy (non-hydrogen) atoms. The van der Waals surface area contributed by atoms with Gasteiger partial charge in [0.2, 0.25) is 0 Å². The number of fused-ring (bicyclic) bond motifs is 10. The van der Waals surface area contributed by atoms with Crippen molar-refractivity contribution in [2.45, 2.75) is 0 Å². The fourth-order valence-electron chi connectivity index (χ4n) is 6.40. The first kappa shape index (κ1) is 13.6. The maximum absolute atomic E-state index is 9.35. The Kier molecular flexibility index (Phi) is 2.73. The van der Waals surface area contributed by atoms with Gasteiger partial charge in [-0.3, -0.25) is 0 Å². The van der Waals surface area contributed by atoms with Crippen molar-refractivity contribution in [1.29, 1.82) is 0 Å². The summed E-state index contributed by atoms with van der Waals surface area (Å²) in [4.78, 5) is 0. The molecule has 0 N–H and O–H groups in total. The Morgan fingerprint density at radius 1 is 0.409 bits per heavy atom. The van der Waals surface area contributed by atoms with Gasteiger partial charge in [0.25, 0.3) is 0 Å². The molecule has 2 heteroatoms. The van der Waals surface area contributed by atoms with Crippen LogP contribution in [0.5, 0.6) is 0 Å². The Bertz CT molecular complexity index is 3540. The molecule has 0 saturated heterocycles. The molecule has 0 spiro atoms. The Morgan fingerprint density at radius 2 is 0.977 bits per heavy atom. The summed E-state index contributed by atoms with van der Waals surface area (Å²) >= 11 is 0. The van der Waals surface area contributed by atoms with Crippen molar-refractivity contribution >= 4 is 76.2 Å². The lowest BCUT2D eigenvalue weighted by Crippen LogP contribution is -1.91. The summed E-state index contributed by atoms with van der Waals surface area (Å²) in [6, 6.07) is 5.82. The van der Waals surface area contributed by atoms with Crippen LogP contribution in [0.2, 0.25) is 0 Å². The average molecular weight is 576 g/mol. The summed E-state index contributed by atoms with van der Waals surface area (Å²) < 4.78 is 146. The van der Waals surface area contributed by atoms with Gasteiger partial charge in [-0.25, -0.2) is 0 Å². The summed E-state index contributed by atoms with van der Waals surface area (Å²) in [6.45, 7) is 0. The van der Waals surface area contributed by atoms with Crippen molar-refractivity contribution in [2.24, 2.45) is 0 Å². The van der Waals surface area contributed by atoms with Gasteiger partial charge in [0.1, 0.15) is 22.3 Å². The van der Waals surface area contributed by atoms with Crippen LogP contribution < -0.4 is 0 Å². The van der Waals surface area contributed by atoms with E-state index in [2.05, 4.69) is 0 Å². The number of hydrogen-bond acceptors (Lipinski definition) is 2. The summed E-state index contributed by atoms with van der Waals surface area (Å²) in [5.41, 5.74) is 1.60. The molecule has 0 radical (unpaired) electrons. The molecule has 2 heterocycles. The Hall–Kier alpha value is -5.86. The average Bonchev–Trinajstić information content (AvgIpc) is 3.80. The molecule has 2 nitrogen and oxygen atoms in total. The largest absolute Gasteiger partial charge is 0.456 e. The van der Waals surface area contributed by atoms with Crippen LogP contribution in [0.4, 0.5) is 0 Å². The maximum atomic E-state index is 9.35. The third-order valence-electron chi connectivity index (χ3n) is 8.20. The molecule has 0 saturated carbocycles. The minimum absolute atomic E-state index is 0.0139. The highest BCUT2D eigenvalue weighted by Crippen LogP contribution is 2.47. The van der Waals surface area contributed by atoms with Gasteiger partial charge in [0.05, 0.1) is 20.6 Å². The number of para-hydroxylation sites is 1. The monoisotopic (exact) mass is 575 g/mol. The van der Waals surface area contributed by atoms with E-state index in [9.17, 15) is 6.85 Å². The second-order valence-electron chi connectivity index (χ2n) is 10.5. The third kappa shape index (κ3) is 3.20. The predicted octanol–water partition coefficient (Wildman–Crippen LogP) is 12.3. The van der Waals surface area contributed by atoms with Crippen LogP contribution >= 0.6 is 0 Å². The molecular weight excluding hydrogens is 536 g/mol. The van der Waals surface area contributed by atoms with Crippen LogP contribution in [0.3, 0.4) is 0 Å². The van der Waals surface area contributed by atoms with E-state index in [0.717, 1.165) is 16.2 Å². The normalized spacial score (nSPS) is 16.9. The molecule has 0 aliphatic heterocycles. The van der Waals surface area contributed by atoms with Crippen molar-refractivity contribution in [3.05, 3.63) is 145 Å². The molecule has 0 amide bonds. The molecule has 0 bridgehead atoms. The molecule has 0 aliphatic rings. The summed E-state index contributed by atoms with van der Waals surface area (Å²) in [7, 11) is 0. The smallest absolute Gasteiger partial charge is 0.136 e. The highest BCUT2D eigenvalue weighted by Gasteiger charge is 2.20. The van der Waals surface area contributed by atoms with Crippen LogP contribution in [0, 0.1) is 0 Å². The summed E-state index contributed by atoms with van der Waals surface area (Å²) in [5.74, 6) is 0. The summed E-state index contributed by atoms with van der Waals surface area (Å²) in [5, 5.41) is 1.19. The first-order valence-corrected chi connectivity index (χ1v) is 13.8. The van der Waals surface area contributed by atoms with Crippen LogP contribution in [0.1, 0.15) is 20.6 Å². The summed E-state index contributed by atoms with van der Waals surface area (Å²) in [6.07, 6.45) is 0. The third-order valence-corrected chi connectivity index (χ3v) is 8.20. The van der Waals surface area contributed by atoms with Crippen molar-refractivity contribution in [3.8, 4) is 22.3 Å². The van der Waals surface area contributed by atoms with E-state index >= 15 is 0 Å². The highest BCUT2D eigenvalue weighted by atomic mass is 16.3. The van der Waals surface area contributed by atoms with Crippen molar-refractivity contribution in [3.63, 3.8) is 0 Å². The molecule has 8 aromatic carbocycles. The lowest BCUT2D eigenvalue weighted by Gasteiger charge is -2.18. The quantitative estimate of drug-likeness (QED) is 0.192. The van der Waals surface area contributed by atoms with E-state index in [0.29, 0.717) is 27.7 Å². The minimum atomic E-state index is -0.764. The number of benzene rings is 8. The predicted molar refractivity (Wildman–Crippen MR) is 184 cm³/mol. The molecular formula is C42H24O2. The second kappa shape index (κ2) is 8.82. The number of rotatable bonds is 2. The van der Waals surface area contributed by atoms with E-state index in [-0.39, 0.29) is 38.2 Å². The SMILES string of the molecule is [2H]c1c([2H])c([2H])c2c(-c3c4c([2H])c([2H])c([2H])c([2H])c4c(-c4ccc5c(c4)oc4ccc6oc7ccccc7c6c45)c4c([2H])c([2H])c([2H])c([2H])c34)c([2H])c([2H])c([2H])c2c1[2H]. The van der Waals surface area contributed by atoms with Gasteiger partial charge in [-0.1, -0.05) is 115 Å². The van der Waals surface area contributed by atoms with Crippen LogP contribution in [-0.2, 0) is 0 Å². The topological polar surface area (TPSA) is 26.3 Å². The number of hydrogen-bond donors (Lipinski definition) is 0. The van der Waals surface area contributed by atoms with Crippen molar-refractivity contribution < 1.29 is 29.4 Å². The Balaban J connectivity index is 1.46. The van der Waals surface area contributed by atoms with E-state index in [4.69, 9.17) is 22.5 Å². The van der Waals surface area contributed by atoms with E-state index in [1.165, 1.54) is 0 Å². The minimum Gasteiger partial charge on any atom is -0.456 e. The zero-order valence-electron chi connectivity index (χ0n) is 37.5. The standard InChI is InChI=1S/C42H24O2/c1-2-12-27-25(10-1)11-9-18-28(27)40-31-15-5-3-13-29(31)39(30-14-4-6-16-32(30)40)26-20-21-34-38(24-26)44-37-23-22-36-41(42(34)37)33-17-7-8-19-35(33)43-36/h1-24H/i1D,2D,3D,4D,5D,6D,9D,10D,11D,12D,13D,14D,15D,16D,18D. The van der Waals surface area contributed by atoms with E-state index in [1.807, 2.05) is 24.3 Å². The van der Waals surface area contributed by atoms with Gasteiger partial charge in [-0.2, -0.15) is 0 Å². The maximum Gasteiger partial charge on any atom is 0.136 e. The molecule has 0 unspecified atom stereocenters. The van der Waals surface area contributed by atoms with E-state index < -0.39 is 107 Å². The van der Waals surface area contributed by atoms with Gasteiger partial charge in [-0.15, -0.1) is 0 Å². The van der Waals surface area contributed by atoms with Crippen LogP contribution in [-0.4, -0.2) is 0 Å². The van der Waals surface area contributed by atoms with Gasteiger partial charge in [0.15, 0.2) is 0 Å². The molecule has 2 aromatic heterocycles. The van der Waals surface area contributed by atoms with E-state index in [1.54, 1.807) is 30.3 Å². The Morgan fingerprint density at radius 3 is 1.70 bits per heavy atom. The number of furan rings is 2. The first-order valence-electron chi connectivity index (χ1n) is 21.3. The van der Waals surface area contributed by atoms with Crippen LogP contribution in [0.25, 0.3) is 98.4 Å². The molecule has 0 fully saturated rings. The van der Waals surface area contributed by atoms with Crippen LogP contribution in [0.15, 0.2) is 154 Å². The Labute approximate surface area is 273 Å². The molecule has 204 valence electrons. The molecule has 0 aliphatic carbocycles. The fraction of sp³-hybridized carbons (Fsp3) is 0. The highest BCUT2D eigenvalue weighted by molar-refractivity contribution is 6.27. The fourth-order valence-corrected chi connectivity index (χ4v) is 6.40. The van der Waals surface area contributed by atoms with Gasteiger partial charge in [0, 0.05) is 21.5 Å². The zero-order valence-corrected chi connectivity index (χ0v) is 22.5. The van der Waals surface area contributed by atoms with Gasteiger partial charge >= 0.3 is 0 Å². The molecule has 10 rings (SSSR count). The molecule has 0 atom stereocenters. The second-order valence-corrected chi connectivity index (χ2v) is 10.5.